The number of hydrogen-bond donors (Lipinski definition) is 1. The minimum atomic E-state index is -0.433. The molecular formula is C22H25N3O3S. The summed E-state index contributed by atoms with van der Waals surface area (Å²) in [5.41, 5.74) is 1.58. The van der Waals surface area contributed by atoms with E-state index in [1.54, 1.807) is 24.6 Å². The summed E-state index contributed by atoms with van der Waals surface area (Å²) in [7, 11) is 3.49. The van der Waals surface area contributed by atoms with Crippen LogP contribution in [0.1, 0.15) is 50.4 Å². The van der Waals surface area contributed by atoms with Crippen LogP contribution in [0, 0.1) is 13.8 Å². The Kier molecular flexibility index (Phi) is 6.49. The lowest BCUT2D eigenvalue weighted by Crippen LogP contribution is -2.31. The highest BCUT2D eigenvalue weighted by Crippen LogP contribution is 2.25. The highest BCUT2D eigenvalue weighted by atomic mass is 32.1. The van der Waals surface area contributed by atoms with Crippen molar-refractivity contribution in [3.8, 4) is 5.75 Å². The van der Waals surface area contributed by atoms with Crippen LogP contribution in [0.4, 0.5) is 0 Å². The van der Waals surface area contributed by atoms with E-state index >= 15 is 0 Å². The number of nitrogens with zero attached hydrogens (tertiary/aromatic N) is 2. The van der Waals surface area contributed by atoms with Crippen molar-refractivity contribution in [2.75, 3.05) is 7.11 Å². The van der Waals surface area contributed by atoms with Crippen molar-refractivity contribution in [3.05, 3.63) is 69.4 Å². The van der Waals surface area contributed by atoms with Crippen LogP contribution >= 0.6 is 11.3 Å². The second kappa shape index (κ2) is 9.05. The second-order valence-electron chi connectivity index (χ2n) is 6.92. The number of methoxy groups -OCH3 is 1. The smallest absolute Gasteiger partial charge is 0.221 e. The molecule has 0 saturated carbocycles. The second-order valence-corrected chi connectivity index (χ2v) is 8.38. The molecule has 1 N–H and O–H groups in total. The van der Waals surface area contributed by atoms with Crippen LogP contribution in [-0.4, -0.2) is 28.4 Å². The van der Waals surface area contributed by atoms with Gasteiger partial charge in [0.05, 0.1) is 7.11 Å². The number of nitrogens with one attached hydrogen (secondary N) is 1. The third kappa shape index (κ3) is 4.92. The number of thiophene rings is 1. The Morgan fingerprint density at radius 2 is 2.03 bits per heavy atom. The molecule has 152 valence electrons. The highest BCUT2D eigenvalue weighted by molar-refractivity contribution is 7.12. The molecule has 0 aliphatic carbocycles. The van der Waals surface area contributed by atoms with Gasteiger partial charge in [-0.3, -0.25) is 9.59 Å². The van der Waals surface area contributed by atoms with E-state index < -0.39 is 6.04 Å². The van der Waals surface area contributed by atoms with E-state index in [1.165, 1.54) is 0 Å². The van der Waals surface area contributed by atoms with Gasteiger partial charge in [0.25, 0.3) is 0 Å². The van der Waals surface area contributed by atoms with Gasteiger partial charge in [-0.1, -0.05) is 12.1 Å². The molecule has 0 radical (unpaired) electrons. The molecule has 1 unspecified atom stereocenters. The van der Waals surface area contributed by atoms with E-state index in [2.05, 4.69) is 10.3 Å². The molecule has 0 aliphatic rings. The van der Waals surface area contributed by atoms with Gasteiger partial charge < -0.3 is 14.6 Å². The molecule has 1 aromatic carbocycles. The van der Waals surface area contributed by atoms with Gasteiger partial charge in [0.15, 0.2) is 5.78 Å². The molecule has 6 nitrogen and oxygen atoms in total. The molecule has 1 atom stereocenters. The maximum Gasteiger partial charge on any atom is 0.221 e. The first-order valence-electron chi connectivity index (χ1n) is 9.39. The quantitative estimate of drug-likeness (QED) is 0.569. The van der Waals surface area contributed by atoms with Crippen molar-refractivity contribution >= 4 is 23.0 Å². The van der Waals surface area contributed by atoms with Gasteiger partial charge >= 0.3 is 0 Å². The Morgan fingerprint density at radius 3 is 2.66 bits per heavy atom. The minimum absolute atomic E-state index is 0.00285. The maximum atomic E-state index is 12.7. The zero-order valence-corrected chi connectivity index (χ0v) is 17.9. The van der Waals surface area contributed by atoms with E-state index in [9.17, 15) is 9.59 Å². The van der Waals surface area contributed by atoms with Gasteiger partial charge in [-0.25, -0.2) is 4.98 Å². The lowest BCUT2D eigenvalue weighted by atomic mass is 10.0. The summed E-state index contributed by atoms with van der Waals surface area (Å²) in [6.45, 7) is 3.91. The summed E-state index contributed by atoms with van der Waals surface area (Å²) in [6.07, 6.45) is 3.83. The fraction of sp³-hybridized carbons (Fsp3) is 0.318. The third-order valence-electron chi connectivity index (χ3n) is 4.77. The molecule has 0 saturated heterocycles. The van der Waals surface area contributed by atoms with Crippen LogP contribution in [0.3, 0.4) is 0 Å². The average molecular weight is 412 g/mol. The number of Topliss-reactive ketones (excluding diaryl/α,β-unsaturated/α-hetero) is 1. The fourth-order valence-electron chi connectivity index (χ4n) is 3.28. The van der Waals surface area contributed by atoms with Crippen LogP contribution in [0.25, 0.3) is 0 Å². The van der Waals surface area contributed by atoms with E-state index in [-0.39, 0.29) is 24.5 Å². The van der Waals surface area contributed by atoms with Crippen LogP contribution in [0.5, 0.6) is 5.75 Å². The van der Waals surface area contributed by atoms with Crippen molar-refractivity contribution in [1.29, 1.82) is 0 Å². The number of aryl methyl sites for hydroxylation is 3. The van der Waals surface area contributed by atoms with E-state index in [0.717, 1.165) is 15.3 Å². The molecule has 7 heteroatoms. The van der Waals surface area contributed by atoms with Crippen molar-refractivity contribution in [2.24, 2.45) is 7.05 Å². The molecule has 1 amide bonds. The monoisotopic (exact) mass is 411 g/mol. The Labute approximate surface area is 174 Å². The first-order chi connectivity index (χ1) is 13.9. The topological polar surface area (TPSA) is 73.2 Å². The number of carbonyl (C=O) groups excluding carboxylic acids is 2. The van der Waals surface area contributed by atoms with Crippen molar-refractivity contribution in [2.45, 2.75) is 32.7 Å². The van der Waals surface area contributed by atoms with Crippen LogP contribution < -0.4 is 10.1 Å². The predicted molar refractivity (Wildman–Crippen MR) is 114 cm³/mol. The number of imidazole rings is 1. The predicted octanol–water partition coefficient (Wildman–Crippen LogP) is 3.98. The van der Waals surface area contributed by atoms with Crippen LogP contribution in [-0.2, 0) is 11.8 Å². The van der Waals surface area contributed by atoms with Gasteiger partial charge in [-0.2, -0.15) is 0 Å². The zero-order valence-electron chi connectivity index (χ0n) is 17.1. The molecular weight excluding hydrogens is 386 g/mol. The fourth-order valence-corrected chi connectivity index (χ4v) is 4.22. The Morgan fingerprint density at radius 1 is 1.24 bits per heavy atom. The Balaban J connectivity index is 1.74. The lowest BCUT2D eigenvalue weighted by Gasteiger charge is -2.19. The molecule has 0 fully saturated rings. The number of amides is 1. The average Bonchev–Trinajstić information content (AvgIpc) is 3.28. The van der Waals surface area contributed by atoms with Gasteiger partial charge in [0.1, 0.15) is 17.6 Å². The number of carbonyl (C=O) groups is 2. The molecule has 3 aromatic rings. The molecule has 29 heavy (non-hydrogen) atoms. The van der Waals surface area contributed by atoms with E-state index in [1.807, 2.05) is 62.0 Å². The first-order valence-corrected chi connectivity index (χ1v) is 10.2. The zero-order chi connectivity index (χ0) is 21.0. The maximum absolute atomic E-state index is 12.7. The number of benzene rings is 1. The normalized spacial score (nSPS) is 11.9. The van der Waals surface area contributed by atoms with Crippen molar-refractivity contribution in [3.63, 3.8) is 0 Å². The number of ketones is 1. The van der Waals surface area contributed by atoms with Crippen LogP contribution in [0.15, 0.2) is 42.7 Å². The summed E-state index contributed by atoms with van der Waals surface area (Å²) >= 11 is 1.60. The molecule has 0 bridgehead atoms. The molecule has 3 rings (SSSR count). The van der Waals surface area contributed by atoms with Crippen LogP contribution in [0.2, 0.25) is 0 Å². The summed E-state index contributed by atoms with van der Waals surface area (Å²) in [5.74, 6) is 1.22. The van der Waals surface area contributed by atoms with Crippen molar-refractivity contribution < 1.29 is 14.3 Å². The number of hydrogen-bond acceptors (Lipinski definition) is 5. The molecule has 2 aromatic heterocycles. The summed E-state index contributed by atoms with van der Waals surface area (Å²) in [4.78, 5) is 31.7. The summed E-state index contributed by atoms with van der Waals surface area (Å²) in [5, 5.41) is 3.03. The minimum Gasteiger partial charge on any atom is -0.497 e. The highest BCUT2D eigenvalue weighted by Gasteiger charge is 2.22. The lowest BCUT2D eigenvalue weighted by molar-refractivity contribution is -0.121. The Bertz CT molecular complexity index is 1020. The summed E-state index contributed by atoms with van der Waals surface area (Å²) < 4.78 is 7.18. The van der Waals surface area contributed by atoms with E-state index in [4.69, 9.17) is 4.74 Å². The van der Waals surface area contributed by atoms with Gasteiger partial charge in [0.2, 0.25) is 5.91 Å². The number of ether oxygens (including phenoxy) is 1. The number of rotatable bonds is 8. The van der Waals surface area contributed by atoms with Gasteiger partial charge in [-0.15, -0.1) is 11.3 Å². The van der Waals surface area contributed by atoms with Gasteiger partial charge in [-0.05, 0) is 37.6 Å². The molecule has 0 aliphatic heterocycles. The molecule has 0 spiro atoms. The SMILES string of the molecule is COc1cccc(C(NC(=O)CCC(=O)c2cc(C)sc2C)c2nccn2C)c1. The van der Waals surface area contributed by atoms with E-state index in [0.29, 0.717) is 17.1 Å². The standard InChI is InChI=1S/C22H25N3O3S/c1-14-12-18(15(2)29-14)19(26)8-9-20(27)24-21(22-23-10-11-25(22)3)16-6-5-7-17(13-16)28-4/h5-7,10-13,21H,8-9H2,1-4H3,(H,24,27). The van der Waals surface area contributed by atoms with Crippen molar-refractivity contribution in [1.82, 2.24) is 14.9 Å². The molecule has 2 heterocycles. The van der Waals surface area contributed by atoms with Gasteiger partial charge in [0, 0.05) is 47.6 Å². The Hall–Kier alpha value is -2.93. The largest absolute Gasteiger partial charge is 0.497 e. The first kappa shape index (κ1) is 20.8. The third-order valence-corrected chi connectivity index (χ3v) is 5.74. The number of aromatic nitrogens is 2. The summed E-state index contributed by atoms with van der Waals surface area (Å²) in [6, 6.07) is 8.99.